The van der Waals surface area contributed by atoms with Gasteiger partial charge in [-0.05, 0) is 68.9 Å². The fraction of sp³-hybridized carbons (Fsp3) is 0.556. The van der Waals surface area contributed by atoms with Crippen molar-refractivity contribution in [1.82, 2.24) is 0 Å². The van der Waals surface area contributed by atoms with Gasteiger partial charge in [0.1, 0.15) is 0 Å². The summed E-state index contributed by atoms with van der Waals surface area (Å²) < 4.78 is 12.2. The molecule has 1 atom stereocenters. The van der Waals surface area contributed by atoms with Crippen LogP contribution in [0.4, 0.5) is 0 Å². The van der Waals surface area contributed by atoms with E-state index >= 15 is 0 Å². The van der Waals surface area contributed by atoms with Crippen LogP contribution in [0.5, 0.6) is 0 Å². The minimum Gasteiger partial charge on any atom is -0.400 e. The molecule has 0 aromatic carbocycles. The maximum Gasteiger partial charge on any atom is 0.489 e. The highest BCUT2D eigenvalue weighted by atomic mass is 32.1. The third-order valence-electron chi connectivity index (χ3n) is 5.10. The van der Waals surface area contributed by atoms with Gasteiger partial charge in [-0.2, -0.15) is 11.3 Å². The van der Waals surface area contributed by atoms with Crippen molar-refractivity contribution in [2.75, 3.05) is 0 Å². The van der Waals surface area contributed by atoms with Gasteiger partial charge in [0, 0.05) is 5.41 Å². The third kappa shape index (κ3) is 3.24. The van der Waals surface area contributed by atoms with E-state index in [4.69, 9.17) is 9.31 Å². The van der Waals surface area contributed by atoms with Gasteiger partial charge in [0.05, 0.1) is 11.2 Å². The van der Waals surface area contributed by atoms with E-state index in [1.807, 2.05) is 6.08 Å². The molecule has 22 heavy (non-hydrogen) atoms. The van der Waals surface area contributed by atoms with E-state index in [1.165, 1.54) is 5.56 Å². The molecule has 0 spiro atoms. The lowest BCUT2D eigenvalue weighted by atomic mass is 9.75. The Kier molecular flexibility index (Phi) is 4.77. The lowest BCUT2D eigenvalue weighted by Gasteiger charge is -2.32. The molecule has 4 heteroatoms. The smallest absolute Gasteiger partial charge is 0.400 e. The van der Waals surface area contributed by atoms with Gasteiger partial charge >= 0.3 is 7.12 Å². The molecule has 0 bridgehead atoms. The highest BCUT2D eigenvalue weighted by Crippen LogP contribution is 2.39. The lowest BCUT2D eigenvalue weighted by Crippen LogP contribution is -2.41. The van der Waals surface area contributed by atoms with Crippen LogP contribution in [0.25, 0.3) is 0 Å². The molecule has 0 unspecified atom stereocenters. The topological polar surface area (TPSA) is 18.5 Å². The van der Waals surface area contributed by atoms with E-state index in [1.54, 1.807) is 11.3 Å². The molecule has 0 radical (unpaired) electrons. The van der Waals surface area contributed by atoms with Crippen molar-refractivity contribution in [3.8, 4) is 0 Å². The number of allylic oxidation sites excluding steroid dienone is 3. The van der Waals surface area contributed by atoms with Crippen LogP contribution in [0.15, 0.2) is 41.0 Å². The molecule has 120 valence electrons. The van der Waals surface area contributed by atoms with Crippen LogP contribution < -0.4 is 0 Å². The van der Waals surface area contributed by atoms with Gasteiger partial charge in [-0.1, -0.05) is 19.1 Å². The molecule has 0 saturated carbocycles. The SMILES string of the molecule is C=C[C@@](C)(C/C=C(\C)B1OC(C)(C)C(C)(C)O1)c1ccsc1. The molecular weight excluding hydrogens is 291 g/mol. The van der Waals surface area contributed by atoms with E-state index in [9.17, 15) is 0 Å². The highest BCUT2D eigenvalue weighted by molar-refractivity contribution is 7.08. The van der Waals surface area contributed by atoms with Crippen LogP contribution in [-0.4, -0.2) is 18.3 Å². The maximum atomic E-state index is 6.10. The fourth-order valence-corrected chi connectivity index (χ4v) is 3.20. The second kappa shape index (κ2) is 5.99. The Morgan fingerprint density at radius 3 is 2.36 bits per heavy atom. The zero-order valence-corrected chi connectivity index (χ0v) is 15.4. The van der Waals surface area contributed by atoms with E-state index in [0.29, 0.717) is 0 Å². The summed E-state index contributed by atoms with van der Waals surface area (Å²) in [6.45, 7) is 16.7. The van der Waals surface area contributed by atoms with Crippen molar-refractivity contribution in [1.29, 1.82) is 0 Å². The third-order valence-corrected chi connectivity index (χ3v) is 5.79. The summed E-state index contributed by atoms with van der Waals surface area (Å²) in [7, 11) is -0.262. The van der Waals surface area contributed by atoms with Crippen LogP contribution in [0, 0.1) is 0 Å². The molecule has 1 aliphatic rings. The predicted octanol–water partition coefficient (Wildman–Crippen LogP) is 5.16. The maximum absolute atomic E-state index is 6.10. The van der Waals surface area contributed by atoms with Gasteiger partial charge in [-0.25, -0.2) is 0 Å². The molecule has 1 aliphatic heterocycles. The summed E-state index contributed by atoms with van der Waals surface area (Å²) in [6, 6.07) is 2.17. The number of hydrogen-bond acceptors (Lipinski definition) is 3. The lowest BCUT2D eigenvalue weighted by molar-refractivity contribution is 0.00578. The molecule has 1 aromatic rings. The Morgan fingerprint density at radius 2 is 1.91 bits per heavy atom. The van der Waals surface area contributed by atoms with Crippen LogP contribution in [0.1, 0.15) is 53.5 Å². The summed E-state index contributed by atoms with van der Waals surface area (Å²) in [5.41, 5.74) is 1.81. The average Bonchev–Trinajstić information content (AvgIpc) is 3.03. The molecule has 2 nitrogen and oxygen atoms in total. The minimum absolute atomic E-state index is 0.0507. The van der Waals surface area contributed by atoms with Gasteiger partial charge in [-0.3, -0.25) is 0 Å². The molecule has 1 saturated heterocycles. The zero-order valence-electron chi connectivity index (χ0n) is 14.6. The van der Waals surface area contributed by atoms with Crippen molar-refractivity contribution >= 4 is 18.5 Å². The van der Waals surface area contributed by atoms with Crippen LogP contribution >= 0.6 is 11.3 Å². The van der Waals surface area contributed by atoms with Crippen LogP contribution in [0.2, 0.25) is 0 Å². The molecule has 2 rings (SSSR count). The minimum atomic E-state index is -0.290. The first-order valence-electron chi connectivity index (χ1n) is 7.80. The van der Waals surface area contributed by atoms with E-state index < -0.39 is 0 Å². The zero-order chi connectivity index (χ0) is 16.6. The first-order chi connectivity index (χ1) is 10.1. The Hall–Kier alpha value is -0.835. The van der Waals surface area contributed by atoms with Crippen molar-refractivity contribution in [2.45, 2.75) is 64.6 Å². The Bertz CT molecular complexity index is 544. The van der Waals surface area contributed by atoms with Crippen molar-refractivity contribution in [3.63, 3.8) is 0 Å². The standard InChI is InChI=1S/C18H27BO2S/c1-8-18(7,15-10-12-22-13-15)11-9-14(2)19-20-16(3,4)17(5,6)21-19/h8-10,12-13H,1,11H2,2-7H3/b14-9+/t18-/m0/s1. The quantitative estimate of drug-likeness (QED) is 0.551. The largest absolute Gasteiger partial charge is 0.489 e. The second-order valence-electron chi connectivity index (χ2n) is 7.37. The first-order valence-corrected chi connectivity index (χ1v) is 8.74. The number of hydrogen-bond donors (Lipinski definition) is 0. The van der Waals surface area contributed by atoms with Gasteiger partial charge in [-0.15, -0.1) is 6.58 Å². The molecule has 1 aromatic heterocycles. The summed E-state index contributed by atoms with van der Waals surface area (Å²) >= 11 is 1.72. The summed E-state index contributed by atoms with van der Waals surface area (Å²) in [6.07, 6.45) is 5.15. The number of rotatable bonds is 5. The second-order valence-corrected chi connectivity index (χ2v) is 8.15. The number of thiophene rings is 1. The van der Waals surface area contributed by atoms with Crippen molar-refractivity contribution < 1.29 is 9.31 Å². The van der Waals surface area contributed by atoms with E-state index in [2.05, 4.69) is 71.0 Å². The molecule has 0 N–H and O–H groups in total. The summed E-state index contributed by atoms with van der Waals surface area (Å²) in [5, 5.41) is 4.31. The summed E-state index contributed by atoms with van der Waals surface area (Å²) in [5.74, 6) is 0. The van der Waals surface area contributed by atoms with Gasteiger partial charge < -0.3 is 9.31 Å². The molecule has 0 amide bonds. The molecule has 2 heterocycles. The molecule has 0 aliphatic carbocycles. The van der Waals surface area contributed by atoms with E-state index in [0.717, 1.165) is 11.9 Å². The van der Waals surface area contributed by atoms with Gasteiger partial charge in [0.2, 0.25) is 0 Å². The Balaban J connectivity index is 2.12. The van der Waals surface area contributed by atoms with Gasteiger partial charge in [0.15, 0.2) is 0 Å². The van der Waals surface area contributed by atoms with Crippen LogP contribution in [-0.2, 0) is 14.7 Å². The Labute approximate surface area is 139 Å². The molecule has 1 fully saturated rings. The summed E-state index contributed by atoms with van der Waals surface area (Å²) in [4.78, 5) is 0. The van der Waals surface area contributed by atoms with Crippen molar-refractivity contribution in [2.24, 2.45) is 0 Å². The van der Waals surface area contributed by atoms with Crippen molar-refractivity contribution in [3.05, 3.63) is 46.6 Å². The van der Waals surface area contributed by atoms with Crippen LogP contribution in [0.3, 0.4) is 0 Å². The molecular formula is C18H27BO2S. The first kappa shape index (κ1) is 17.5. The monoisotopic (exact) mass is 318 g/mol. The predicted molar refractivity (Wildman–Crippen MR) is 96.3 cm³/mol. The highest BCUT2D eigenvalue weighted by Gasteiger charge is 2.51. The normalized spacial score (nSPS) is 23.4. The van der Waals surface area contributed by atoms with E-state index in [-0.39, 0.29) is 23.7 Å². The fourth-order valence-electron chi connectivity index (χ4n) is 2.41. The van der Waals surface area contributed by atoms with Gasteiger partial charge in [0.25, 0.3) is 0 Å². The Morgan fingerprint density at radius 1 is 1.32 bits per heavy atom. The average molecular weight is 318 g/mol.